The van der Waals surface area contributed by atoms with E-state index in [0.29, 0.717) is 22.7 Å². The van der Waals surface area contributed by atoms with Gasteiger partial charge in [-0.05, 0) is 50.1 Å². The summed E-state index contributed by atoms with van der Waals surface area (Å²) < 4.78 is 5.64. The van der Waals surface area contributed by atoms with E-state index in [1.165, 1.54) is 0 Å². The maximum Gasteiger partial charge on any atom is 0.253 e. The molecule has 1 aromatic carbocycles. The molecule has 0 unspecified atom stereocenters. The van der Waals surface area contributed by atoms with E-state index in [9.17, 15) is 4.79 Å². The van der Waals surface area contributed by atoms with Crippen LogP contribution in [0.2, 0.25) is 0 Å². The Bertz CT molecular complexity index is 958. The zero-order chi connectivity index (χ0) is 18.1. The number of hydrogen-bond acceptors (Lipinski definition) is 5. The van der Waals surface area contributed by atoms with Crippen LogP contribution in [0, 0.1) is 6.92 Å². The van der Waals surface area contributed by atoms with Crippen molar-refractivity contribution >= 4 is 11.9 Å². The Balaban J connectivity index is 1.70. The van der Waals surface area contributed by atoms with Crippen LogP contribution in [0.5, 0.6) is 0 Å². The van der Waals surface area contributed by atoms with E-state index in [4.69, 9.17) is 10.2 Å². The first-order chi connectivity index (χ1) is 12.6. The minimum Gasteiger partial charge on any atom is -0.460 e. The van der Waals surface area contributed by atoms with Crippen molar-refractivity contribution in [2.75, 3.05) is 18.8 Å². The molecule has 6 heteroatoms. The molecule has 1 aliphatic rings. The molecule has 0 atom stereocenters. The lowest BCUT2D eigenvalue weighted by Crippen LogP contribution is -2.27. The van der Waals surface area contributed by atoms with Crippen LogP contribution in [-0.4, -0.2) is 33.9 Å². The van der Waals surface area contributed by atoms with E-state index in [0.717, 1.165) is 37.3 Å². The number of nitrogens with two attached hydrogens (primary N) is 1. The van der Waals surface area contributed by atoms with Gasteiger partial charge in [0, 0.05) is 24.2 Å². The highest BCUT2D eigenvalue weighted by Crippen LogP contribution is 2.27. The number of carbonyl (C=O) groups excluding carboxylic acids is 1. The predicted octanol–water partition coefficient (Wildman–Crippen LogP) is 3.53. The first-order valence-corrected chi connectivity index (χ1v) is 8.71. The molecule has 0 saturated carbocycles. The van der Waals surface area contributed by atoms with Gasteiger partial charge >= 0.3 is 0 Å². The SMILES string of the molecule is Cc1ccc(-c2cc(-c3cccc(C(=O)N4CCCC4)c3)nc(N)n2)o1. The number of furan rings is 1. The molecule has 1 amide bonds. The van der Waals surface area contributed by atoms with Gasteiger partial charge in [-0.3, -0.25) is 4.79 Å². The Labute approximate surface area is 151 Å². The quantitative estimate of drug-likeness (QED) is 0.782. The Morgan fingerprint density at radius 3 is 2.58 bits per heavy atom. The molecule has 1 saturated heterocycles. The third-order valence-corrected chi connectivity index (χ3v) is 4.53. The average molecular weight is 348 g/mol. The van der Waals surface area contributed by atoms with Crippen LogP contribution in [0.15, 0.2) is 46.9 Å². The fourth-order valence-corrected chi connectivity index (χ4v) is 3.23. The number of nitrogen functional groups attached to an aromatic ring is 1. The van der Waals surface area contributed by atoms with Gasteiger partial charge in [-0.25, -0.2) is 9.97 Å². The number of benzene rings is 1. The number of aryl methyl sites for hydroxylation is 1. The van der Waals surface area contributed by atoms with E-state index < -0.39 is 0 Å². The molecular weight excluding hydrogens is 328 g/mol. The number of rotatable bonds is 3. The molecule has 0 radical (unpaired) electrons. The zero-order valence-electron chi connectivity index (χ0n) is 14.6. The molecule has 2 N–H and O–H groups in total. The van der Waals surface area contributed by atoms with Gasteiger partial charge in [-0.2, -0.15) is 0 Å². The lowest BCUT2D eigenvalue weighted by Gasteiger charge is -2.15. The monoisotopic (exact) mass is 348 g/mol. The van der Waals surface area contributed by atoms with Crippen molar-refractivity contribution in [2.24, 2.45) is 0 Å². The summed E-state index contributed by atoms with van der Waals surface area (Å²) in [5.41, 5.74) is 8.68. The van der Waals surface area contributed by atoms with E-state index in [-0.39, 0.29) is 11.9 Å². The van der Waals surface area contributed by atoms with Crippen molar-refractivity contribution in [3.8, 4) is 22.7 Å². The van der Waals surface area contributed by atoms with E-state index in [2.05, 4.69) is 9.97 Å². The van der Waals surface area contributed by atoms with Crippen LogP contribution in [0.4, 0.5) is 5.95 Å². The normalized spacial score (nSPS) is 14.0. The smallest absolute Gasteiger partial charge is 0.253 e. The minimum atomic E-state index is 0.0632. The molecule has 3 heterocycles. The molecule has 26 heavy (non-hydrogen) atoms. The number of hydrogen-bond donors (Lipinski definition) is 1. The van der Waals surface area contributed by atoms with Gasteiger partial charge < -0.3 is 15.1 Å². The highest BCUT2D eigenvalue weighted by molar-refractivity contribution is 5.95. The summed E-state index contributed by atoms with van der Waals surface area (Å²) >= 11 is 0. The molecule has 0 aliphatic carbocycles. The summed E-state index contributed by atoms with van der Waals surface area (Å²) in [5, 5.41) is 0. The predicted molar refractivity (Wildman–Crippen MR) is 99.5 cm³/mol. The van der Waals surface area contributed by atoms with Gasteiger partial charge in [0.1, 0.15) is 11.5 Å². The number of aromatic nitrogens is 2. The standard InChI is InChI=1S/C20H20N4O2/c1-13-7-8-18(26-13)17-12-16(22-20(21)23-17)14-5-4-6-15(11-14)19(25)24-9-2-3-10-24/h4-8,11-12H,2-3,9-10H2,1H3,(H2,21,22,23). The van der Waals surface area contributed by atoms with Crippen LogP contribution in [-0.2, 0) is 0 Å². The lowest BCUT2D eigenvalue weighted by atomic mass is 10.1. The fourth-order valence-electron chi connectivity index (χ4n) is 3.23. The summed E-state index contributed by atoms with van der Waals surface area (Å²) in [4.78, 5) is 23.1. The molecule has 132 valence electrons. The molecule has 4 rings (SSSR count). The minimum absolute atomic E-state index is 0.0632. The van der Waals surface area contributed by atoms with Gasteiger partial charge in [0.15, 0.2) is 5.76 Å². The third kappa shape index (κ3) is 3.18. The Hall–Kier alpha value is -3.15. The second-order valence-corrected chi connectivity index (χ2v) is 6.49. The van der Waals surface area contributed by atoms with Gasteiger partial charge in [-0.1, -0.05) is 12.1 Å². The highest BCUT2D eigenvalue weighted by atomic mass is 16.3. The summed E-state index contributed by atoms with van der Waals surface area (Å²) in [6.07, 6.45) is 2.14. The topological polar surface area (TPSA) is 85.2 Å². The average Bonchev–Trinajstić information content (AvgIpc) is 3.32. The van der Waals surface area contributed by atoms with Gasteiger partial charge in [0.2, 0.25) is 5.95 Å². The number of nitrogens with zero attached hydrogens (tertiary/aromatic N) is 3. The Kier molecular flexibility index (Phi) is 4.16. The number of amides is 1. The van der Waals surface area contributed by atoms with E-state index >= 15 is 0 Å². The summed E-state index contributed by atoms with van der Waals surface area (Å²) in [7, 11) is 0. The van der Waals surface area contributed by atoms with Crippen LogP contribution in [0.3, 0.4) is 0 Å². The van der Waals surface area contributed by atoms with Gasteiger partial charge in [-0.15, -0.1) is 0 Å². The first kappa shape index (κ1) is 16.3. The Morgan fingerprint density at radius 2 is 1.85 bits per heavy atom. The van der Waals surface area contributed by atoms with Crippen LogP contribution in [0.25, 0.3) is 22.7 Å². The molecule has 0 spiro atoms. The summed E-state index contributed by atoms with van der Waals surface area (Å²) in [5.74, 6) is 1.68. The summed E-state index contributed by atoms with van der Waals surface area (Å²) in [6.45, 7) is 3.53. The van der Waals surface area contributed by atoms with Crippen molar-refractivity contribution in [3.63, 3.8) is 0 Å². The Morgan fingerprint density at radius 1 is 1.08 bits per heavy atom. The number of anilines is 1. The number of likely N-dealkylation sites (tertiary alicyclic amines) is 1. The second kappa shape index (κ2) is 6.63. The molecule has 1 aliphatic heterocycles. The third-order valence-electron chi connectivity index (χ3n) is 4.53. The molecule has 6 nitrogen and oxygen atoms in total. The lowest BCUT2D eigenvalue weighted by molar-refractivity contribution is 0.0793. The van der Waals surface area contributed by atoms with Crippen molar-refractivity contribution in [1.29, 1.82) is 0 Å². The van der Waals surface area contributed by atoms with Crippen molar-refractivity contribution < 1.29 is 9.21 Å². The fraction of sp³-hybridized carbons (Fsp3) is 0.250. The molecule has 2 aromatic heterocycles. The number of carbonyl (C=O) groups is 1. The van der Waals surface area contributed by atoms with E-state index in [1.807, 2.05) is 54.3 Å². The molecule has 1 fully saturated rings. The van der Waals surface area contributed by atoms with Crippen LogP contribution >= 0.6 is 0 Å². The maximum absolute atomic E-state index is 12.6. The van der Waals surface area contributed by atoms with Gasteiger partial charge in [0.05, 0.1) is 5.69 Å². The summed E-state index contributed by atoms with van der Waals surface area (Å²) in [6, 6.07) is 13.0. The van der Waals surface area contributed by atoms with Crippen molar-refractivity contribution in [3.05, 3.63) is 53.8 Å². The van der Waals surface area contributed by atoms with E-state index in [1.54, 1.807) is 0 Å². The highest BCUT2D eigenvalue weighted by Gasteiger charge is 2.20. The molecular formula is C20H20N4O2. The van der Waals surface area contributed by atoms with Gasteiger partial charge in [0.25, 0.3) is 5.91 Å². The second-order valence-electron chi connectivity index (χ2n) is 6.49. The zero-order valence-corrected chi connectivity index (χ0v) is 14.6. The van der Waals surface area contributed by atoms with Crippen molar-refractivity contribution in [1.82, 2.24) is 14.9 Å². The molecule has 0 bridgehead atoms. The maximum atomic E-state index is 12.6. The molecule has 3 aromatic rings. The van der Waals surface area contributed by atoms with Crippen molar-refractivity contribution in [2.45, 2.75) is 19.8 Å². The first-order valence-electron chi connectivity index (χ1n) is 8.71. The van der Waals surface area contributed by atoms with Crippen LogP contribution in [0.1, 0.15) is 29.0 Å². The largest absolute Gasteiger partial charge is 0.460 e. The van der Waals surface area contributed by atoms with Crippen LogP contribution < -0.4 is 5.73 Å².